The average Bonchev–Trinajstić information content (AvgIpc) is 2.56. The molecule has 0 amide bonds. The second-order valence-electron chi connectivity index (χ2n) is 5.23. The Morgan fingerprint density at radius 1 is 1.00 bits per heavy atom. The van der Waals surface area contributed by atoms with Crippen molar-refractivity contribution in [3.8, 4) is 5.75 Å². The predicted octanol–water partition coefficient (Wildman–Crippen LogP) is 3.13. The summed E-state index contributed by atoms with van der Waals surface area (Å²) in [4.78, 5) is 6.81. The van der Waals surface area contributed by atoms with Crippen molar-refractivity contribution in [2.45, 2.75) is 19.5 Å². The van der Waals surface area contributed by atoms with E-state index in [0.29, 0.717) is 0 Å². The molecule has 0 aliphatic carbocycles. The molecule has 0 unspecified atom stereocenters. The number of nitrogens with zero attached hydrogens (tertiary/aromatic N) is 2. The number of pyridine rings is 1. The van der Waals surface area contributed by atoms with Crippen LogP contribution in [0.15, 0.2) is 48.7 Å². The molecule has 22 heavy (non-hydrogen) atoms. The molecule has 4 nitrogen and oxygen atoms in total. The van der Waals surface area contributed by atoms with Crippen LogP contribution in [0.5, 0.6) is 5.75 Å². The number of ether oxygens (including phenoxy) is 2. The van der Waals surface area contributed by atoms with Crippen LogP contribution in [0.2, 0.25) is 0 Å². The van der Waals surface area contributed by atoms with Gasteiger partial charge in [-0.3, -0.25) is 9.88 Å². The monoisotopic (exact) mass is 300 g/mol. The van der Waals surface area contributed by atoms with Gasteiger partial charge >= 0.3 is 0 Å². The van der Waals surface area contributed by atoms with Crippen molar-refractivity contribution in [1.29, 1.82) is 0 Å². The molecule has 1 aromatic carbocycles. The molecule has 2 rings (SSSR count). The molecule has 0 fully saturated rings. The van der Waals surface area contributed by atoms with Gasteiger partial charge in [-0.15, -0.1) is 0 Å². The Kier molecular flexibility index (Phi) is 6.87. The number of aromatic nitrogens is 1. The summed E-state index contributed by atoms with van der Waals surface area (Å²) in [6.07, 6.45) is 2.86. The highest BCUT2D eigenvalue weighted by Gasteiger charge is 2.08. The molecule has 118 valence electrons. The first kappa shape index (κ1) is 16.5. The topological polar surface area (TPSA) is 34.6 Å². The Balaban J connectivity index is 1.99. The second kappa shape index (κ2) is 9.18. The van der Waals surface area contributed by atoms with Crippen LogP contribution in [0.4, 0.5) is 0 Å². The summed E-state index contributed by atoms with van der Waals surface area (Å²) < 4.78 is 10.4. The maximum Gasteiger partial charge on any atom is 0.118 e. The zero-order chi connectivity index (χ0) is 15.6. The molecule has 0 aliphatic heterocycles. The van der Waals surface area contributed by atoms with Crippen molar-refractivity contribution >= 4 is 0 Å². The smallest absolute Gasteiger partial charge is 0.118 e. The lowest BCUT2D eigenvalue weighted by atomic mass is 10.2. The van der Waals surface area contributed by atoms with E-state index in [1.807, 2.05) is 30.5 Å². The number of hydrogen-bond acceptors (Lipinski definition) is 4. The van der Waals surface area contributed by atoms with E-state index in [2.05, 4.69) is 28.1 Å². The van der Waals surface area contributed by atoms with Crippen LogP contribution >= 0.6 is 0 Å². The lowest BCUT2D eigenvalue weighted by Crippen LogP contribution is -2.25. The van der Waals surface area contributed by atoms with E-state index in [9.17, 15) is 0 Å². The van der Waals surface area contributed by atoms with Gasteiger partial charge in [0.15, 0.2) is 0 Å². The van der Waals surface area contributed by atoms with Gasteiger partial charge in [0.2, 0.25) is 0 Å². The molecule has 0 saturated heterocycles. The first-order chi connectivity index (χ1) is 10.8. The van der Waals surface area contributed by atoms with Crippen molar-refractivity contribution in [2.24, 2.45) is 0 Å². The molecule has 0 aliphatic rings. The van der Waals surface area contributed by atoms with E-state index < -0.39 is 0 Å². The fourth-order valence-electron chi connectivity index (χ4n) is 2.36. The van der Waals surface area contributed by atoms with Gasteiger partial charge in [0.25, 0.3) is 0 Å². The van der Waals surface area contributed by atoms with Crippen molar-refractivity contribution in [3.05, 3.63) is 59.9 Å². The lowest BCUT2D eigenvalue weighted by molar-refractivity contribution is 0.166. The predicted molar refractivity (Wildman–Crippen MR) is 87.8 cm³/mol. The maximum absolute atomic E-state index is 5.21. The highest BCUT2D eigenvalue weighted by molar-refractivity contribution is 5.27. The summed E-state index contributed by atoms with van der Waals surface area (Å²) in [6, 6.07) is 14.3. The van der Waals surface area contributed by atoms with Crippen LogP contribution in [0.25, 0.3) is 0 Å². The maximum atomic E-state index is 5.21. The van der Waals surface area contributed by atoms with Crippen LogP contribution < -0.4 is 4.74 Å². The van der Waals surface area contributed by atoms with Gasteiger partial charge in [-0.1, -0.05) is 18.2 Å². The minimum Gasteiger partial charge on any atom is -0.497 e. The van der Waals surface area contributed by atoms with E-state index >= 15 is 0 Å². The van der Waals surface area contributed by atoms with Gasteiger partial charge in [0, 0.05) is 39.5 Å². The summed E-state index contributed by atoms with van der Waals surface area (Å²) in [6.45, 7) is 3.50. The quantitative estimate of drug-likeness (QED) is 0.666. The molecule has 0 bridgehead atoms. The highest BCUT2D eigenvalue weighted by Crippen LogP contribution is 2.14. The Morgan fingerprint density at radius 3 is 2.45 bits per heavy atom. The largest absolute Gasteiger partial charge is 0.497 e. The van der Waals surface area contributed by atoms with Gasteiger partial charge in [-0.2, -0.15) is 0 Å². The van der Waals surface area contributed by atoms with Gasteiger partial charge in [-0.05, 0) is 36.2 Å². The molecule has 0 radical (unpaired) electrons. The van der Waals surface area contributed by atoms with Crippen LogP contribution in [-0.2, 0) is 17.8 Å². The summed E-state index contributed by atoms with van der Waals surface area (Å²) in [5.41, 5.74) is 2.36. The standard InChI is InChI=1S/C18H24N2O2/c1-21-13-5-12-20(15-17-6-3-4-11-19-17)14-16-7-9-18(22-2)10-8-16/h3-4,6-11H,5,12-15H2,1-2H3. The van der Waals surface area contributed by atoms with Crippen LogP contribution in [0.1, 0.15) is 17.7 Å². The van der Waals surface area contributed by atoms with Crippen LogP contribution in [0.3, 0.4) is 0 Å². The zero-order valence-corrected chi connectivity index (χ0v) is 13.4. The molecule has 0 saturated carbocycles. The third kappa shape index (κ3) is 5.47. The van der Waals surface area contributed by atoms with E-state index in [1.54, 1.807) is 14.2 Å². The third-order valence-electron chi connectivity index (χ3n) is 3.50. The third-order valence-corrected chi connectivity index (χ3v) is 3.50. The minimum atomic E-state index is 0.779. The van der Waals surface area contributed by atoms with E-state index in [4.69, 9.17) is 9.47 Å². The molecule has 1 heterocycles. The molecule has 0 N–H and O–H groups in total. The molecule has 1 aromatic heterocycles. The summed E-state index contributed by atoms with van der Waals surface area (Å²) in [5, 5.41) is 0. The first-order valence-corrected chi connectivity index (χ1v) is 7.56. The zero-order valence-electron chi connectivity index (χ0n) is 13.4. The van der Waals surface area contributed by atoms with Crippen LogP contribution in [0, 0.1) is 0 Å². The Labute approximate surface area is 132 Å². The van der Waals surface area contributed by atoms with Crippen LogP contribution in [-0.4, -0.2) is 37.3 Å². The molecule has 0 spiro atoms. The van der Waals surface area contributed by atoms with Gasteiger partial charge in [-0.25, -0.2) is 0 Å². The van der Waals surface area contributed by atoms with E-state index in [-0.39, 0.29) is 0 Å². The fourth-order valence-corrected chi connectivity index (χ4v) is 2.36. The van der Waals surface area contributed by atoms with Gasteiger partial charge in [0.1, 0.15) is 5.75 Å². The van der Waals surface area contributed by atoms with Gasteiger partial charge < -0.3 is 9.47 Å². The molecular weight excluding hydrogens is 276 g/mol. The number of rotatable bonds is 9. The Bertz CT molecular complexity index is 529. The average molecular weight is 300 g/mol. The number of benzene rings is 1. The van der Waals surface area contributed by atoms with E-state index in [1.165, 1.54) is 5.56 Å². The number of hydrogen-bond donors (Lipinski definition) is 0. The summed E-state index contributed by atoms with van der Waals surface area (Å²) >= 11 is 0. The number of methoxy groups -OCH3 is 2. The first-order valence-electron chi connectivity index (χ1n) is 7.56. The van der Waals surface area contributed by atoms with Crippen molar-refractivity contribution in [3.63, 3.8) is 0 Å². The minimum absolute atomic E-state index is 0.779. The Morgan fingerprint density at radius 2 is 1.82 bits per heavy atom. The summed E-state index contributed by atoms with van der Waals surface area (Å²) in [5.74, 6) is 0.888. The normalized spacial score (nSPS) is 10.9. The fraction of sp³-hybridized carbons (Fsp3) is 0.389. The van der Waals surface area contributed by atoms with Crippen molar-refractivity contribution in [2.75, 3.05) is 27.4 Å². The highest BCUT2D eigenvalue weighted by atomic mass is 16.5. The molecule has 0 atom stereocenters. The summed E-state index contributed by atoms with van der Waals surface area (Å²) in [7, 11) is 3.43. The molecule has 2 aromatic rings. The van der Waals surface area contributed by atoms with Gasteiger partial charge in [0.05, 0.1) is 12.8 Å². The SMILES string of the molecule is COCCCN(Cc1ccc(OC)cc1)Cc1ccccn1. The van der Waals surface area contributed by atoms with E-state index in [0.717, 1.165) is 44.1 Å². The second-order valence-corrected chi connectivity index (χ2v) is 5.23. The Hall–Kier alpha value is -1.91. The molecular formula is C18H24N2O2. The van der Waals surface area contributed by atoms with Crippen molar-refractivity contribution < 1.29 is 9.47 Å². The molecule has 4 heteroatoms. The lowest BCUT2D eigenvalue weighted by Gasteiger charge is -2.22. The van der Waals surface area contributed by atoms with Crippen molar-refractivity contribution in [1.82, 2.24) is 9.88 Å².